The Labute approximate surface area is 189 Å². The third-order valence-corrected chi connectivity index (χ3v) is 6.55. The molecule has 2 aromatic carbocycles. The number of aromatic nitrogens is 2. The van der Waals surface area contributed by atoms with Crippen molar-refractivity contribution in [1.82, 2.24) is 9.97 Å². The van der Waals surface area contributed by atoms with Crippen LogP contribution in [0.15, 0.2) is 75.3 Å². The number of halogens is 1. The van der Waals surface area contributed by atoms with Gasteiger partial charge in [-0.15, -0.1) is 0 Å². The van der Waals surface area contributed by atoms with Crippen LogP contribution in [-0.4, -0.2) is 29.0 Å². The highest BCUT2D eigenvalue weighted by Gasteiger charge is 2.28. The van der Waals surface area contributed by atoms with Gasteiger partial charge in [-0.05, 0) is 56.2 Å². The lowest BCUT2D eigenvalue weighted by Crippen LogP contribution is -2.41. The molecular formula is C23H23BrN4OS. The number of benzene rings is 2. The van der Waals surface area contributed by atoms with E-state index in [0.29, 0.717) is 6.54 Å². The Morgan fingerprint density at radius 3 is 2.77 bits per heavy atom. The number of aryl methyl sites for hydroxylation is 1. The quantitative estimate of drug-likeness (QED) is 0.516. The van der Waals surface area contributed by atoms with Crippen LogP contribution in [0.4, 0.5) is 11.5 Å². The fourth-order valence-electron chi connectivity index (χ4n) is 3.56. The second-order valence-corrected chi connectivity index (χ2v) is 9.36. The molecule has 1 aliphatic heterocycles. The first kappa shape index (κ1) is 20.9. The van der Waals surface area contributed by atoms with E-state index in [9.17, 15) is 4.79 Å². The minimum atomic E-state index is -0.0822. The van der Waals surface area contributed by atoms with Crippen LogP contribution in [0, 0.1) is 12.8 Å². The van der Waals surface area contributed by atoms with Gasteiger partial charge in [-0.25, -0.2) is 9.97 Å². The Hall–Kier alpha value is -2.38. The van der Waals surface area contributed by atoms with E-state index >= 15 is 0 Å². The van der Waals surface area contributed by atoms with Crippen LogP contribution >= 0.6 is 27.7 Å². The third kappa shape index (κ3) is 5.21. The monoisotopic (exact) mass is 482 g/mol. The summed E-state index contributed by atoms with van der Waals surface area (Å²) in [4.78, 5) is 25.4. The molecule has 0 bridgehead atoms. The molecule has 1 saturated heterocycles. The molecule has 0 aliphatic carbocycles. The molecule has 0 radical (unpaired) electrons. The highest BCUT2D eigenvalue weighted by molar-refractivity contribution is 9.10. The summed E-state index contributed by atoms with van der Waals surface area (Å²) in [6, 6.07) is 16.0. The van der Waals surface area contributed by atoms with Gasteiger partial charge in [-0.1, -0.05) is 45.4 Å². The van der Waals surface area contributed by atoms with Gasteiger partial charge >= 0.3 is 0 Å². The first-order valence-corrected chi connectivity index (χ1v) is 11.6. The van der Waals surface area contributed by atoms with Crippen LogP contribution in [0.2, 0.25) is 0 Å². The van der Waals surface area contributed by atoms with E-state index in [1.165, 1.54) is 5.56 Å². The zero-order valence-corrected chi connectivity index (χ0v) is 19.1. The summed E-state index contributed by atoms with van der Waals surface area (Å²) in [5, 5.41) is 3.92. The summed E-state index contributed by atoms with van der Waals surface area (Å²) in [5.41, 5.74) is 2.03. The van der Waals surface area contributed by atoms with Crippen LogP contribution < -0.4 is 10.2 Å². The molecule has 3 aromatic rings. The summed E-state index contributed by atoms with van der Waals surface area (Å²) < 4.78 is 0.991. The topological polar surface area (TPSA) is 58.1 Å². The first-order chi connectivity index (χ1) is 14.6. The summed E-state index contributed by atoms with van der Waals surface area (Å²) >= 11 is 5.04. The summed E-state index contributed by atoms with van der Waals surface area (Å²) in [6.07, 6.45) is 5.27. The van der Waals surface area contributed by atoms with E-state index in [1.807, 2.05) is 24.3 Å². The van der Waals surface area contributed by atoms with Crippen molar-refractivity contribution in [3.63, 3.8) is 0 Å². The lowest BCUT2D eigenvalue weighted by atomic mass is 9.97. The van der Waals surface area contributed by atoms with Gasteiger partial charge in [0.05, 0.1) is 5.92 Å². The average Bonchev–Trinajstić information content (AvgIpc) is 2.76. The molecular weight excluding hydrogens is 460 g/mol. The van der Waals surface area contributed by atoms with Gasteiger partial charge < -0.3 is 10.2 Å². The molecule has 1 aliphatic rings. The van der Waals surface area contributed by atoms with Crippen molar-refractivity contribution >= 4 is 45.1 Å². The molecule has 30 heavy (non-hydrogen) atoms. The van der Waals surface area contributed by atoms with Crippen molar-refractivity contribution < 1.29 is 4.79 Å². The SMILES string of the molecule is Cc1cccc(Sc2nccnc2N2CCC[C@@H](C(=O)Nc3ccc(Br)cc3)C2)c1. The Bertz CT molecular complexity index is 1030. The average molecular weight is 483 g/mol. The number of piperidine rings is 1. The van der Waals surface area contributed by atoms with E-state index in [4.69, 9.17) is 0 Å². The normalized spacial score (nSPS) is 16.3. The first-order valence-electron chi connectivity index (χ1n) is 9.95. The van der Waals surface area contributed by atoms with Crippen LogP contribution in [0.1, 0.15) is 18.4 Å². The molecule has 5 nitrogen and oxygen atoms in total. The number of carbonyl (C=O) groups excluding carboxylic acids is 1. The van der Waals surface area contributed by atoms with Crippen molar-refractivity contribution in [1.29, 1.82) is 0 Å². The standard InChI is InChI=1S/C23H23BrN4OS/c1-16-4-2-6-20(14-16)30-23-21(25-11-12-26-23)28-13-3-5-17(15-28)22(29)27-19-9-7-18(24)8-10-19/h2,4,6-12,14,17H,3,5,13,15H2,1H3,(H,27,29)/t17-/m1/s1. The molecule has 0 unspecified atom stereocenters. The predicted molar refractivity (Wildman–Crippen MR) is 125 cm³/mol. The number of hydrogen-bond acceptors (Lipinski definition) is 5. The van der Waals surface area contributed by atoms with Crippen molar-refractivity contribution in [2.24, 2.45) is 5.92 Å². The number of carbonyl (C=O) groups is 1. The number of hydrogen-bond donors (Lipinski definition) is 1. The fraction of sp³-hybridized carbons (Fsp3) is 0.261. The molecule has 1 fully saturated rings. The van der Waals surface area contributed by atoms with E-state index in [2.05, 4.69) is 67.3 Å². The minimum Gasteiger partial charge on any atom is -0.354 e. The van der Waals surface area contributed by atoms with Crippen molar-refractivity contribution in [3.05, 3.63) is 71.0 Å². The maximum atomic E-state index is 12.9. The highest BCUT2D eigenvalue weighted by atomic mass is 79.9. The Morgan fingerprint density at radius 1 is 1.17 bits per heavy atom. The molecule has 1 N–H and O–H groups in total. The van der Waals surface area contributed by atoms with E-state index < -0.39 is 0 Å². The number of anilines is 2. The van der Waals surface area contributed by atoms with Crippen LogP contribution in [0.5, 0.6) is 0 Å². The maximum absolute atomic E-state index is 12.9. The Kier molecular flexibility index (Phi) is 6.69. The van der Waals surface area contributed by atoms with Gasteiger partial charge in [-0.2, -0.15) is 0 Å². The van der Waals surface area contributed by atoms with Crippen molar-refractivity contribution in [2.75, 3.05) is 23.3 Å². The molecule has 7 heteroatoms. The van der Waals surface area contributed by atoms with Crippen molar-refractivity contribution in [3.8, 4) is 0 Å². The highest BCUT2D eigenvalue weighted by Crippen LogP contribution is 2.34. The fourth-order valence-corrected chi connectivity index (χ4v) is 4.82. The molecule has 0 spiro atoms. The molecule has 4 rings (SSSR count). The number of nitrogens with one attached hydrogen (secondary N) is 1. The molecule has 0 saturated carbocycles. The Balaban J connectivity index is 1.48. The van der Waals surface area contributed by atoms with Gasteiger partial charge in [0.15, 0.2) is 5.82 Å². The molecule has 1 aromatic heterocycles. The number of amides is 1. The Morgan fingerprint density at radius 2 is 1.97 bits per heavy atom. The maximum Gasteiger partial charge on any atom is 0.229 e. The minimum absolute atomic E-state index is 0.0544. The van der Waals surface area contributed by atoms with E-state index in [1.54, 1.807) is 24.2 Å². The van der Waals surface area contributed by atoms with Gasteiger partial charge in [-0.3, -0.25) is 4.79 Å². The molecule has 2 heterocycles. The van der Waals surface area contributed by atoms with E-state index in [-0.39, 0.29) is 11.8 Å². The van der Waals surface area contributed by atoms with Gasteiger partial charge in [0.1, 0.15) is 5.03 Å². The number of rotatable bonds is 5. The van der Waals surface area contributed by atoms with Crippen LogP contribution in [0.3, 0.4) is 0 Å². The molecule has 154 valence electrons. The zero-order chi connectivity index (χ0) is 20.9. The van der Waals surface area contributed by atoms with E-state index in [0.717, 1.165) is 45.3 Å². The summed E-state index contributed by atoms with van der Waals surface area (Å²) in [5.74, 6) is 0.824. The lowest BCUT2D eigenvalue weighted by molar-refractivity contribution is -0.120. The summed E-state index contributed by atoms with van der Waals surface area (Å²) in [7, 11) is 0. The van der Waals surface area contributed by atoms with Crippen LogP contribution in [0.25, 0.3) is 0 Å². The van der Waals surface area contributed by atoms with Crippen molar-refractivity contribution in [2.45, 2.75) is 29.7 Å². The van der Waals surface area contributed by atoms with Gasteiger partial charge in [0, 0.05) is 40.5 Å². The zero-order valence-electron chi connectivity index (χ0n) is 16.7. The van der Waals surface area contributed by atoms with Crippen LogP contribution in [-0.2, 0) is 4.79 Å². The van der Waals surface area contributed by atoms with Gasteiger partial charge in [0.2, 0.25) is 5.91 Å². The molecule has 1 atom stereocenters. The predicted octanol–water partition coefficient (Wildman–Crippen LogP) is 5.55. The second-order valence-electron chi connectivity index (χ2n) is 7.38. The third-order valence-electron chi connectivity index (χ3n) is 5.05. The summed E-state index contributed by atoms with van der Waals surface area (Å²) in [6.45, 7) is 3.60. The van der Waals surface area contributed by atoms with Gasteiger partial charge in [0.25, 0.3) is 0 Å². The largest absolute Gasteiger partial charge is 0.354 e. The lowest BCUT2D eigenvalue weighted by Gasteiger charge is -2.33. The number of nitrogens with zero attached hydrogens (tertiary/aromatic N) is 3. The molecule has 1 amide bonds. The smallest absolute Gasteiger partial charge is 0.229 e. The second kappa shape index (κ2) is 9.62.